The number of nitrogens with one attached hydrogen (secondary N) is 1. The number of hydrogen-bond donors (Lipinski definition) is 1. The fourth-order valence-corrected chi connectivity index (χ4v) is 6.01. The van der Waals surface area contributed by atoms with Crippen molar-refractivity contribution in [2.45, 2.75) is 52.0 Å². The van der Waals surface area contributed by atoms with Crippen LogP contribution in [0.1, 0.15) is 53.0 Å². The second-order valence-electron chi connectivity index (χ2n) is 8.06. The summed E-state index contributed by atoms with van der Waals surface area (Å²) in [5.41, 5.74) is 1.11. The summed E-state index contributed by atoms with van der Waals surface area (Å²) in [5.74, 6) is 0.420. The third-order valence-electron chi connectivity index (χ3n) is 6.06. The molecule has 3 rings (SSSR count). The van der Waals surface area contributed by atoms with Crippen LogP contribution in [0.25, 0.3) is 0 Å². The Morgan fingerprint density at radius 2 is 1.81 bits per heavy atom. The molecular formula is C22H31N3O6S. The second-order valence-corrected chi connectivity index (χ2v) is 9.94. The van der Waals surface area contributed by atoms with Gasteiger partial charge in [-0.1, -0.05) is 0 Å². The molecular weight excluding hydrogens is 434 g/mol. The highest BCUT2D eigenvalue weighted by atomic mass is 32.2. The number of nitrogens with zero attached hydrogens (tertiary/aromatic N) is 2. The number of piperidine rings is 1. The second kappa shape index (κ2) is 9.50. The van der Waals surface area contributed by atoms with Crippen molar-refractivity contribution in [3.63, 3.8) is 0 Å². The van der Waals surface area contributed by atoms with Gasteiger partial charge >= 0.3 is 5.97 Å². The van der Waals surface area contributed by atoms with Gasteiger partial charge in [0.2, 0.25) is 15.9 Å². The predicted molar refractivity (Wildman–Crippen MR) is 118 cm³/mol. The summed E-state index contributed by atoms with van der Waals surface area (Å²) in [7, 11) is -2.20. The number of aryl methyl sites for hydroxylation is 1. The number of carbonyl (C=O) groups excluding carboxylic acids is 2. The molecule has 32 heavy (non-hydrogen) atoms. The molecule has 176 valence electrons. The Morgan fingerprint density at radius 1 is 1.16 bits per heavy atom. The third-order valence-corrected chi connectivity index (χ3v) is 8.12. The van der Waals surface area contributed by atoms with Gasteiger partial charge in [-0.05, 0) is 52.7 Å². The van der Waals surface area contributed by atoms with Gasteiger partial charge in [0, 0.05) is 37.4 Å². The van der Waals surface area contributed by atoms with Gasteiger partial charge in [-0.15, -0.1) is 0 Å². The quantitative estimate of drug-likeness (QED) is 0.629. The molecule has 0 aromatic carbocycles. The summed E-state index contributed by atoms with van der Waals surface area (Å²) in [6, 6.07) is 3.65. The smallest absolute Gasteiger partial charge is 0.341 e. The van der Waals surface area contributed by atoms with E-state index in [-0.39, 0.29) is 42.0 Å². The van der Waals surface area contributed by atoms with Gasteiger partial charge in [0.15, 0.2) is 0 Å². The highest BCUT2D eigenvalue weighted by Gasteiger charge is 2.38. The fourth-order valence-electron chi connectivity index (χ4n) is 4.06. The van der Waals surface area contributed by atoms with Crippen LogP contribution >= 0.6 is 0 Å². The van der Waals surface area contributed by atoms with Crippen molar-refractivity contribution in [3.05, 3.63) is 40.6 Å². The summed E-state index contributed by atoms with van der Waals surface area (Å²) in [4.78, 5) is 25.1. The molecule has 0 unspecified atom stereocenters. The molecule has 2 aromatic heterocycles. The van der Waals surface area contributed by atoms with E-state index in [2.05, 4.69) is 5.32 Å². The van der Waals surface area contributed by atoms with Crippen LogP contribution < -0.4 is 5.32 Å². The number of aromatic nitrogens is 1. The average Bonchev–Trinajstić information content (AvgIpc) is 3.28. The fraction of sp³-hybridized carbons (Fsp3) is 0.545. The van der Waals surface area contributed by atoms with E-state index in [0.717, 1.165) is 5.76 Å². The van der Waals surface area contributed by atoms with E-state index in [0.29, 0.717) is 36.5 Å². The summed E-state index contributed by atoms with van der Waals surface area (Å²) in [5, 5.41) is 2.86. The SMILES string of the molecule is CCOC(=O)c1c(S(=O)(=O)N2CCC(C(=O)NCc3ccc(C)o3)CC2)c(C)n(C)c1C. The Balaban J connectivity index is 1.72. The largest absolute Gasteiger partial charge is 0.465 e. The van der Waals surface area contributed by atoms with Crippen LogP contribution in [-0.4, -0.2) is 48.9 Å². The van der Waals surface area contributed by atoms with E-state index in [4.69, 9.17) is 9.15 Å². The Morgan fingerprint density at radius 3 is 2.38 bits per heavy atom. The lowest BCUT2D eigenvalue weighted by molar-refractivity contribution is -0.126. The molecule has 1 saturated heterocycles. The topological polar surface area (TPSA) is 111 Å². The van der Waals surface area contributed by atoms with E-state index in [1.54, 1.807) is 32.4 Å². The number of esters is 1. The van der Waals surface area contributed by atoms with E-state index in [1.807, 2.05) is 19.1 Å². The standard InChI is InChI=1S/C22H31N3O6S/c1-6-30-22(27)19-15(3)24(5)16(4)20(19)32(28,29)25-11-9-17(10-12-25)21(26)23-13-18-8-7-14(2)31-18/h7-8,17H,6,9-13H2,1-5H3,(H,23,26). The minimum atomic E-state index is -3.93. The van der Waals surface area contributed by atoms with Crippen molar-refractivity contribution in [1.29, 1.82) is 0 Å². The molecule has 0 atom stereocenters. The number of hydrogen-bond acceptors (Lipinski definition) is 6. The number of carbonyl (C=O) groups is 2. The first-order valence-electron chi connectivity index (χ1n) is 10.7. The highest BCUT2D eigenvalue weighted by molar-refractivity contribution is 7.89. The molecule has 0 radical (unpaired) electrons. The molecule has 1 fully saturated rings. The first kappa shape index (κ1) is 24.1. The predicted octanol–water partition coefficient (Wildman–Crippen LogP) is 2.44. The lowest BCUT2D eigenvalue weighted by atomic mass is 9.97. The molecule has 3 heterocycles. The van der Waals surface area contributed by atoms with Gasteiger partial charge in [-0.25, -0.2) is 13.2 Å². The van der Waals surface area contributed by atoms with Gasteiger partial charge in [-0.2, -0.15) is 4.31 Å². The summed E-state index contributed by atoms with van der Waals surface area (Å²) in [6.45, 7) is 7.77. The number of furan rings is 1. The molecule has 0 bridgehead atoms. The third kappa shape index (κ3) is 4.61. The Labute approximate surface area is 188 Å². The van der Waals surface area contributed by atoms with Crippen LogP contribution in [0.15, 0.2) is 21.4 Å². The maximum absolute atomic E-state index is 13.5. The number of sulfonamides is 1. The van der Waals surface area contributed by atoms with Crippen molar-refractivity contribution in [2.24, 2.45) is 13.0 Å². The lowest BCUT2D eigenvalue weighted by Crippen LogP contribution is -2.43. The van der Waals surface area contributed by atoms with Crippen LogP contribution in [0.5, 0.6) is 0 Å². The molecule has 1 amide bonds. The van der Waals surface area contributed by atoms with Crippen molar-refractivity contribution in [2.75, 3.05) is 19.7 Å². The molecule has 1 aliphatic rings. The zero-order valence-electron chi connectivity index (χ0n) is 19.2. The normalized spacial score (nSPS) is 15.7. The van der Waals surface area contributed by atoms with Gasteiger partial charge in [0.05, 0.1) is 13.2 Å². The van der Waals surface area contributed by atoms with Gasteiger partial charge in [0.25, 0.3) is 0 Å². The summed E-state index contributed by atoms with van der Waals surface area (Å²) < 4.78 is 40.6. The minimum Gasteiger partial charge on any atom is -0.465 e. The first-order chi connectivity index (χ1) is 15.1. The van der Waals surface area contributed by atoms with Crippen molar-refractivity contribution >= 4 is 21.9 Å². The molecule has 0 saturated carbocycles. The van der Waals surface area contributed by atoms with E-state index in [1.165, 1.54) is 4.31 Å². The number of rotatable bonds is 7. The molecule has 1 N–H and O–H groups in total. The summed E-state index contributed by atoms with van der Waals surface area (Å²) in [6.07, 6.45) is 0.809. The highest BCUT2D eigenvalue weighted by Crippen LogP contribution is 2.32. The van der Waals surface area contributed by atoms with Gasteiger partial charge in [-0.3, -0.25) is 4.79 Å². The number of amides is 1. The van der Waals surface area contributed by atoms with Crippen LogP contribution in [0.3, 0.4) is 0 Å². The zero-order chi connectivity index (χ0) is 23.6. The van der Waals surface area contributed by atoms with Crippen molar-refractivity contribution in [3.8, 4) is 0 Å². The maximum atomic E-state index is 13.5. The van der Waals surface area contributed by atoms with Crippen LogP contribution in [0.2, 0.25) is 0 Å². The van der Waals surface area contributed by atoms with Crippen molar-refractivity contribution in [1.82, 2.24) is 14.2 Å². The number of ether oxygens (including phenoxy) is 1. The molecule has 0 aliphatic carbocycles. The van der Waals surface area contributed by atoms with E-state index in [9.17, 15) is 18.0 Å². The Hall–Kier alpha value is -2.59. The molecule has 10 heteroatoms. The van der Waals surface area contributed by atoms with Crippen LogP contribution in [0, 0.1) is 26.7 Å². The van der Waals surface area contributed by atoms with E-state index >= 15 is 0 Å². The average molecular weight is 466 g/mol. The molecule has 0 spiro atoms. The molecule has 2 aromatic rings. The monoisotopic (exact) mass is 465 g/mol. The van der Waals surface area contributed by atoms with Crippen LogP contribution in [-0.2, 0) is 33.1 Å². The van der Waals surface area contributed by atoms with Crippen LogP contribution in [0.4, 0.5) is 0 Å². The van der Waals surface area contributed by atoms with Gasteiger partial charge < -0.3 is 19.0 Å². The molecule has 1 aliphatic heterocycles. The van der Waals surface area contributed by atoms with Crippen molar-refractivity contribution < 1.29 is 27.2 Å². The van der Waals surface area contributed by atoms with E-state index < -0.39 is 16.0 Å². The van der Waals surface area contributed by atoms with Gasteiger partial charge in [0.1, 0.15) is 22.0 Å². The Kier molecular flexibility index (Phi) is 7.14. The Bertz CT molecular complexity index is 1110. The lowest BCUT2D eigenvalue weighted by Gasteiger charge is -2.30. The minimum absolute atomic E-state index is 0.00737. The zero-order valence-corrected chi connectivity index (χ0v) is 20.0. The maximum Gasteiger partial charge on any atom is 0.341 e. The summed E-state index contributed by atoms with van der Waals surface area (Å²) >= 11 is 0. The molecule has 9 nitrogen and oxygen atoms in total. The first-order valence-corrected chi connectivity index (χ1v) is 12.2.